The van der Waals surface area contributed by atoms with Gasteiger partial charge in [-0.25, -0.2) is 19.3 Å². The van der Waals surface area contributed by atoms with Gasteiger partial charge in [0.15, 0.2) is 5.70 Å². The molecule has 1 amide bonds. The summed E-state index contributed by atoms with van der Waals surface area (Å²) in [5.41, 5.74) is 0.139. The summed E-state index contributed by atoms with van der Waals surface area (Å²) in [4.78, 5) is 28.4. The molecule has 0 unspecified atom stereocenters. The number of hydrogen-bond donors (Lipinski definition) is 1. The molecule has 1 N–H and O–H groups in total. The second-order valence-corrected chi connectivity index (χ2v) is 6.05. The maximum absolute atomic E-state index is 12.3. The van der Waals surface area contributed by atoms with Gasteiger partial charge in [0.05, 0.1) is 7.11 Å². The van der Waals surface area contributed by atoms with Gasteiger partial charge in [-0.15, -0.1) is 0 Å². The molecule has 132 valence electrons. The molecule has 1 aromatic heterocycles. The van der Waals surface area contributed by atoms with Crippen molar-refractivity contribution in [3.63, 3.8) is 0 Å². The van der Waals surface area contributed by atoms with Crippen molar-refractivity contribution in [3.05, 3.63) is 54.2 Å². The van der Waals surface area contributed by atoms with Crippen LogP contribution in [0.3, 0.4) is 0 Å². The van der Waals surface area contributed by atoms with E-state index in [-0.39, 0.29) is 5.70 Å². The first-order chi connectivity index (χ1) is 11.8. The Morgan fingerprint density at radius 2 is 1.84 bits per heavy atom. The van der Waals surface area contributed by atoms with Gasteiger partial charge in [0.1, 0.15) is 24.0 Å². The van der Waals surface area contributed by atoms with Crippen LogP contribution in [0.4, 0.5) is 4.79 Å². The average molecular weight is 344 g/mol. The monoisotopic (exact) mass is 344 g/mol. The maximum atomic E-state index is 12.3. The van der Waals surface area contributed by atoms with Gasteiger partial charge >= 0.3 is 12.1 Å². The number of methoxy groups -OCH3 is 1. The number of carbonyl (C=O) groups excluding carboxylic acids is 2. The van der Waals surface area contributed by atoms with Crippen molar-refractivity contribution in [2.45, 2.75) is 26.4 Å². The van der Waals surface area contributed by atoms with E-state index in [1.165, 1.54) is 24.4 Å². The van der Waals surface area contributed by atoms with Crippen molar-refractivity contribution in [3.8, 4) is 0 Å². The smallest absolute Gasteiger partial charge is 0.412 e. The lowest BCUT2D eigenvalue weighted by Gasteiger charge is -2.21. The van der Waals surface area contributed by atoms with Gasteiger partial charge < -0.3 is 9.47 Å². The molecule has 0 saturated carbocycles. The van der Waals surface area contributed by atoms with Crippen LogP contribution < -0.4 is 5.32 Å². The Hall–Kier alpha value is -3.16. The fraction of sp³-hybridized carbons (Fsp3) is 0.294. The van der Waals surface area contributed by atoms with Crippen LogP contribution in [0.5, 0.6) is 0 Å². The Morgan fingerprint density at radius 3 is 2.36 bits per heavy atom. The Bertz CT molecular complexity index is 762. The van der Waals surface area contributed by atoms with Gasteiger partial charge in [-0.3, -0.25) is 5.32 Å². The van der Waals surface area contributed by atoms with Gasteiger partial charge in [-0.1, -0.05) is 30.3 Å². The molecular weight excluding hydrogens is 324 g/mol. The molecule has 8 heteroatoms. The maximum Gasteiger partial charge on any atom is 0.412 e. The predicted octanol–water partition coefficient (Wildman–Crippen LogP) is 2.19. The fourth-order valence-corrected chi connectivity index (χ4v) is 2.03. The number of amides is 1. The summed E-state index contributed by atoms with van der Waals surface area (Å²) in [7, 11) is 1.23. The van der Waals surface area contributed by atoms with E-state index in [1.807, 2.05) is 6.07 Å². The summed E-state index contributed by atoms with van der Waals surface area (Å²) in [5.74, 6) is -0.736. The molecule has 0 spiro atoms. The Balaban J connectivity index is 2.55. The highest BCUT2D eigenvalue weighted by Crippen LogP contribution is 2.20. The molecule has 0 saturated heterocycles. The molecule has 1 heterocycles. The lowest BCUT2D eigenvalue weighted by Crippen LogP contribution is -2.35. The normalized spacial score (nSPS) is 12.2. The Labute approximate surface area is 145 Å². The first kappa shape index (κ1) is 18.2. The van der Waals surface area contributed by atoms with Crippen molar-refractivity contribution >= 4 is 17.8 Å². The SMILES string of the molecule is COC(=O)/C(NC(=O)OC(C)(C)C)=C(\c1ccccc1)n1cncn1. The molecule has 25 heavy (non-hydrogen) atoms. The largest absolute Gasteiger partial charge is 0.464 e. The van der Waals surface area contributed by atoms with Crippen LogP contribution in [-0.4, -0.2) is 39.5 Å². The molecular formula is C17H20N4O4. The van der Waals surface area contributed by atoms with Gasteiger partial charge in [0.25, 0.3) is 0 Å². The third-order valence-corrected chi connectivity index (χ3v) is 2.95. The van der Waals surface area contributed by atoms with Crippen LogP contribution in [0.15, 0.2) is 48.7 Å². The van der Waals surface area contributed by atoms with E-state index in [4.69, 9.17) is 9.47 Å². The van der Waals surface area contributed by atoms with Gasteiger partial charge in [0, 0.05) is 5.56 Å². The van der Waals surface area contributed by atoms with Crippen molar-refractivity contribution in [1.29, 1.82) is 0 Å². The minimum Gasteiger partial charge on any atom is -0.464 e. The fourth-order valence-electron chi connectivity index (χ4n) is 2.03. The van der Waals surface area contributed by atoms with E-state index >= 15 is 0 Å². The number of hydrogen-bond acceptors (Lipinski definition) is 6. The van der Waals surface area contributed by atoms with Crippen molar-refractivity contribution in [2.24, 2.45) is 0 Å². The van der Waals surface area contributed by atoms with Crippen molar-refractivity contribution in [1.82, 2.24) is 20.1 Å². The number of alkyl carbamates (subject to hydrolysis) is 1. The molecule has 2 aromatic rings. The molecule has 0 radical (unpaired) electrons. The molecule has 8 nitrogen and oxygen atoms in total. The standard InChI is InChI=1S/C17H20N4O4/c1-17(2,3)25-16(23)20-13(15(22)24-4)14(21-11-18-10-19-21)12-8-6-5-7-9-12/h5-11H,1-4H3,(H,20,23)/b14-13-. The Morgan fingerprint density at radius 1 is 1.16 bits per heavy atom. The third-order valence-electron chi connectivity index (χ3n) is 2.95. The zero-order valence-corrected chi connectivity index (χ0v) is 14.5. The van der Waals surface area contributed by atoms with Gasteiger partial charge in [-0.05, 0) is 20.8 Å². The second-order valence-electron chi connectivity index (χ2n) is 6.05. The molecule has 0 atom stereocenters. The van der Waals surface area contributed by atoms with E-state index in [0.29, 0.717) is 11.3 Å². The minimum absolute atomic E-state index is 0.103. The highest BCUT2D eigenvalue weighted by atomic mass is 16.6. The van der Waals surface area contributed by atoms with Crippen LogP contribution in [0, 0.1) is 0 Å². The molecule has 0 fully saturated rings. The molecule has 0 aliphatic carbocycles. The van der Waals surface area contributed by atoms with E-state index in [1.54, 1.807) is 45.0 Å². The van der Waals surface area contributed by atoms with E-state index < -0.39 is 17.7 Å². The van der Waals surface area contributed by atoms with E-state index in [0.717, 1.165) is 0 Å². The lowest BCUT2D eigenvalue weighted by atomic mass is 10.1. The van der Waals surface area contributed by atoms with Crippen molar-refractivity contribution < 1.29 is 19.1 Å². The quantitative estimate of drug-likeness (QED) is 0.675. The average Bonchev–Trinajstić information content (AvgIpc) is 3.07. The zero-order valence-electron chi connectivity index (χ0n) is 14.5. The zero-order chi connectivity index (χ0) is 18.4. The van der Waals surface area contributed by atoms with Gasteiger partial charge in [0.2, 0.25) is 0 Å². The highest BCUT2D eigenvalue weighted by molar-refractivity contribution is 6.00. The summed E-state index contributed by atoms with van der Waals surface area (Å²) in [5, 5.41) is 6.53. The number of benzene rings is 1. The van der Waals surface area contributed by atoms with Crippen LogP contribution in [0.25, 0.3) is 5.70 Å². The predicted molar refractivity (Wildman–Crippen MR) is 90.2 cm³/mol. The first-order valence-electron chi connectivity index (χ1n) is 7.55. The topological polar surface area (TPSA) is 95.3 Å². The molecule has 0 aliphatic heterocycles. The number of rotatable bonds is 4. The van der Waals surface area contributed by atoms with Crippen molar-refractivity contribution in [2.75, 3.05) is 7.11 Å². The number of ether oxygens (including phenoxy) is 2. The second kappa shape index (κ2) is 7.61. The summed E-state index contributed by atoms with van der Waals surface area (Å²) >= 11 is 0. The van der Waals surface area contributed by atoms with Crippen LogP contribution in [0.2, 0.25) is 0 Å². The van der Waals surface area contributed by atoms with Crippen LogP contribution >= 0.6 is 0 Å². The highest BCUT2D eigenvalue weighted by Gasteiger charge is 2.25. The molecule has 0 aliphatic rings. The number of esters is 1. The van der Waals surface area contributed by atoms with Crippen LogP contribution in [0.1, 0.15) is 26.3 Å². The van der Waals surface area contributed by atoms with E-state index in [2.05, 4.69) is 15.4 Å². The minimum atomic E-state index is -0.776. The molecule has 0 bridgehead atoms. The molecule has 1 aromatic carbocycles. The molecule has 2 rings (SSSR count). The Kier molecular flexibility index (Phi) is 5.53. The lowest BCUT2D eigenvalue weighted by molar-refractivity contribution is -0.136. The first-order valence-corrected chi connectivity index (χ1v) is 7.55. The number of aromatic nitrogens is 3. The third kappa shape index (κ3) is 4.90. The van der Waals surface area contributed by atoms with Gasteiger partial charge in [-0.2, -0.15) is 5.10 Å². The summed E-state index contributed by atoms with van der Waals surface area (Å²) in [6, 6.07) is 8.98. The summed E-state index contributed by atoms with van der Waals surface area (Å²) in [6.07, 6.45) is 1.97. The number of nitrogens with zero attached hydrogens (tertiary/aromatic N) is 3. The number of nitrogens with one attached hydrogen (secondary N) is 1. The summed E-state index contributed by atoms with van der Waals surface area (Å²) in [6.45, 7) is 5.18. The summed E-state index contributed by atoms with van der Waals surface area (Å²) < 4.78 is 11.4. The number of carbonyl (C=O) groups is 2. The van der Waals surface area contributed by atoms with E-state index in [9.17, 15) is 9.59 Å². The van der Waals surface area contributed by atoms with Crippen LogP contribution in [-0.2, 0) is 14.3 Å².